The Kier molecular flexibility index (Phi) is 8.10. The van der Waals surface area contributed by atoms with Crippen LogP contribution in [-0.2, 0) is 20.7 Å². The van der Waals surface area contributed by atoms with Crippen LogP contribution < -0.4 is 21.3 Å². The molecule has 9 nitrogen and oxygen atoms in total. The molecule has 7 atom stereocenters. The summed E-state index contributed by atoms with van der Waals surface area (Å²) >= 11 is 0. The number of aliphatic hydroxyl groups excluding tert-OH is 2. The molecule has 5 heterocycles. The van der Waals surface area contributed by atoms with Gasteiger partial charge in [0.2, 0.25) is 0 Å². The van der Waals surface area contributed by atoms with Crippen LogP contribution in [0.1, 0.15) is 73.4 Å². The van der Waals surface area contributed by atoms with Gasteiger partial charge in [-0.1, -0.05) is 19.8 Å². The van der Waals surface area contributed by atoms with E-state index in [-0.39, 0.29) is 36.2 Å². The van der Waals surface area contributed by atoms with Gasteiger partial charge in [0, 0.05) is 64.2 Å². The number of methoxy groups -OCH3 is 2. The third-order valence-corrected chi connectivity index (χ3v) is 10.6. The van der Waals surface area contributed by atoms with E-state index in [1.54, 1.807) is 0 Å². The molecule has 0 spiro atoms. The van der Waals surface area contributed by atoms with Gasteiger partial charge < -0.3 is 40.3 Å². The predicted molar refractivity (Wildman–Crippen MR) is 173 cm³/mol. The quantitative estimate of drug-likeness (QED) is 0.168. The molecule has 1 fully saturated rings. The van der Waals surface area contributed by atoms with Gasteiger partial charge in [-0.2, -0.15) is 0 Å². The highest BCUT2D eigenvalue weighted by molar-refractivity contribution is 5.70. The second kappa shape index (κ2) is 11.8. The number of H-pyrrole nitrogens is 2. The highest BCUT2D eigenvalue weighted by Crippen LogP contribution is 2.46. The molecule has 1 aliphatic carbocycles. The number of terminal acetylenes is 1. The monoisotopic (exact) mass is 612 g/mol. The summed E-state index contributed by atoms with van der Waals surface area (Å²) in [6.07, 6.45) is 11.9. The van der Waals surface area contributed by atoms with Crippen LogP contribution in [0.5, 0.6) is 0 Å². The highest BCUT2D eigenvalue weighted by Gasteiger charge is 2.48. The summed E-state index contributed by atoms with van der Waals surface area (Å²) in [7, 11) is 2.85. The van der Waals surface area contributed by atoms with Gasteiger partial charge in [-0.3, -0.25) is 4.79 Å². The third kappa shape index (κ3) is 4.87. The largest absolute Gasteiger partial charge is 0.469 e. The molecule has 6 N–H and O–H groups in total. The zero-order valence-electron chi connectivity index (χ0n) is 27.1. The average Bonchev–Trinajstić information content (AvgIpc) is 3.76. The van der Waals surface area contributed by atoms with Crippen molar-refractivity contribution in [1.82, 2.24) is 20.6 Å². The van der Waals surface area contributed by atoms with Crippen LogP contribution in [0, 0.1) is 49.9 Å². The average molecular weight is 613 g/mol. The number of aromatic nitrogens is 2. The molecule has 0 radical (unpaired) electrons. The second-order valence-electron chi connectivity index (χ2n) is 12.8. The number of esters is 1. The number of fused-ring (bicyclic) bond motifs is 8. The van der Waals surface area contributed by atoms with Crippen LogP contribution in [-0.4, -0.2) is 52.7 Å². The molecule has 2 aromatic rings. The van der Waals surface area contributed by atoms with Gasteiger partial charge in [0.1, 0.15) is 0 Å². The Morgan fingerprint density at radius 1 is 1.09 bits per heavy atom. The predicted octanol–water partition coefficient (Wildman–Crippen LogP) is 2.67. The number of ether oxygens (including phenoxy) is 2. The molecule has 3 aliphatic heterocycles. The number of hydrogen-bond donors (Lipinski definition) is 6. The minimum Gasteiger partial charge on any atom is -0.469 e. The summed E-state index contributed by atoms with van der Waals surface area (Å²) in [6, 6.07) is -0.299. The van der Waals surface area contributed by atoms with Gasteiger partial charge in [-0.15, -0.1) is 6.42 Å². The number of aliphatic hydroxyl groups is 2. The van der Waals surface area contributed by atoms with Gasteiger partial charge in [0.15, 0.2) is 6.29 Å². The Bertz CT molecular complexity index is 1820. The summed E-state index contributed by atoms with van der Waals surface area (Å²) in [5, 5.41) is 32.1. The molecular formula is C36H44N4O5. The Balaban J connectivity index is 1.66. The lowest BCUT2D eigenvalue weighted by atomic mass is 9.79. The Morgan fingerprint density at radius 2 is 1.84 bits per heavy atom. The fourth-order valence-corrected chi connectivity index (χ4v) is 7.98. The van der Waals surface area contributed by atoms with Crippen molar-refractivity contribution in [2.75, 3.05) is 14.2 Å². The third-order valence-electron chi connectivity index (χ3n) is 10.6. The number of carbonyl (C=O) groups excluding carboxylic acids is 1. The van der Waals surface area contributed by atoms with Crippen LogP contribution in [0.25, 0.3) is 17.7 Å². The zero-order valence-corrected chi connectivity index (χ0v) is 27.1. The fourth-order valence-electron chi connectivity index (χ4n) is 7.98. The number of nitrogens with one attached hydrogen (secondary N) is 4. The van der Waals surface area contributed by atoms with Crippen molar-refractivity contribution in [2.45, 2.75) is 72.3 Å². The van der Waals surface area contributed by atoms with Crippen molar-refractivity contribution in [1.29, 1.82) is 0 Å². The van der Waals surface area contributed by atoms with Crippen LogP contribution in [0.3, 0.4) is 0 Å². The van der Waals surface area contributed by atoms with E-state index >= 15 is 0 Å². The lowest BCUT2D eigenvalue weighted by molar-refractivity contribution is -0.141. The van der Waals surface area contributed by atoms with Gasteiger partial charge >= 0.3 is 5.97 Å². The first-order valence-electron chi connectivity index (χ1n) is 15.8. The van der Waals surface area contributed by atoms with Crippen molar-refractivity contribution in [3.05, 3.63) is 73.1 Å². The first kappa shape index (κ1) is 31.0. The summed E-state index contributed by atoms with van der Waals surface area (Å²) in [5.41, 5.74) is 10.8. The Hall–Kier alpha value is -3.97. The topological polar surface area (TPSA) is 132 Å². The molecule has 1 saturated heterocycles. The molecule has 4 aliphatic rings. The lowest BCUT2D eigenvalue weighted by Crippen LogP contribution is -2.39. The van der Waals surface area contributed by atoms with E-state index in [9.17, 15) is 15.0 Å². The molecule has 9 heteroatoms. The number of rotatable bonds is 6. The van der Waals surface area contributed by atoms with Gasteiger partial charge in [-0.05, 0) is 85.6 Å². The minimum atomic E-state index is -1.23. The molecule has 45 heavy (non-hydrogen) atoms. The Labute approximate surface area is 264 Å². The minimum absolute atomic E-state index is 0.0192. The zero-order chi connectivity index (χ0) is 32.3. The molecular weight excluding hydrogens is 568 g/mol. The maximum Gasteiger partial charge on any atom is 0.305 e. The molecule has 0 aromatic carbocycles. The fraction of sp³-hybridized carbons (Fsp3) is 0.472. The van der Waals surface area contributed by atoms with E-state index in [1.165, 1.54) is 19.8 Å². The number of carbonyl (C=O) groups is 1. The highest BCUT2D eigenvalue weighted by atomic mass is 16.6. The van der Waals surface area contributed by atoms with Crippen LogP contribution in [0.15, 0.2) is 28.7 Å². The summed E-state index contributed by atoms with van der Waals surface area (Å²) in [5.74, 6) is 1.78. The molecule has 0 saturated carbocycles. The maximum absolute atomic E-state index is 12.3. The van der Waals surface area contributed by atoms with Gasteiger partial charge in [-0.25, -0.2) is 0 Å². The normalized spacial score (nSPS) is 30.4. The van der Waals surface area contributed by atoms with E-state index in [1.807, 2.05) is 6.92 Å². The molecule has 8 bridgehead atoms. The SMILES string of the molecule is C#C[C@H]1C(C)=C2/C=C3\NC(C4=c5[nH]/c(c(C)c5[C@@H](O)[C@@H]4C(O)OC)=C\c4[nH]c(c(C)c4CC)/C=C/1N2)[C@@H](CCC(=O)OC)[C@@H]3C. The summed E-state index contributed by atoms with van der Waals surface area (Å²) < 4.78 is 10.5. The number of allylic oxidation sites excluding steroid dienone is 3. The first-order valence-corrected chi connectivity index (χ1v) is 15.8. The van der Waals surface area contributed by atoms with Gasteiger partial charge in [0.05, 0.1) is 31.1 Å². The molecule has 0 amide bonds. The van der Waals surface area contributed by atoms with Crippen LogP contribution in [0.4, 0.5) is 0 Å². The molecule has 2 unspecified atom stereocenters. The molecule has 238 valence electrons. The molecule has 2 aromatic heterocycles. The van der Waals surface area contributed by atoms with E-state index < -0.39 is 18.3 Å². The lowest BCUT2D eigenvalue weighted by Gasteiger charge is -2.30. The van der Waals surface area contributed by atoms with Crippen molar-refractivity contribution in [2.24, 2.45) is 23.7 Å². The van der Waals surface area contributed by atoms with Crippen molar-refractivity contribution in [3.63, 3.8) is 0 Å². The van der Waals surface area contributed by atoms with Crippen LogP contribution >= 0.6 is 0 Å². The van der Waals surface area contributed by atoms with Crippen LogP contribution in [0.2, 0.25) is 0 Å². The van der Waals surface area contributed by atoms with E-state index in [4.69, 9.17) is 15.9 Å². The van der Waals surface area contributed by atoms with E-state index in [2.05, 4.69) is 72.4 Å². The van der Waals surface area contributed by atoms with Crippen molar-refractivity contribution >= 4 is 23.7 Å². The van der Waals surface area contributed by atoms with Gasteiger partial charge in [0.25, 0.3) is 0 Å². The first-order chi connectivity index (χ1) is 21.5. The van der Waals surface area contributed by atoms with Crippen molar-refractivity contribution < 1.29 is 24.5 Å². The maximum atomic E-state index is 12.3. The van der Waals surface area contributed by atoms with E-state index in [0.29, 0.717) is 6.42 Å². The smallest absolute Gasteiger partial charge is 0.305 e. The number of aromatic amines is 2. The molecule has 6 rings (SSSR count). The van der Waals surface area contributed by atoms with E-state index in [0.717, 1.165) is 73.4 Å². The summed E-state index contributed by atoms with van der Waals surface area (Å²) in [6.45, 7) is 10.5. The Morgan fingerprint density at radius 3 is 2.51 bits per heavy atom. The standard InChI is InChI=1S/C36H44N4O5/c1-9-20-16(3)23-13-25-18(5)22(11-12-29(41)44-7)33(39-25)31-32(36(43)45-8)35(42)30-19(6)26(40-34(30)31)15-28-21(10-2)17(4)24(38-28)14-27(20)37-23/h1,13-15,18,20,22,32-33,35-40,42-43H,10-12H2,2-8H3/b25-13-,26-15-,27-14-/t18-,20-,22-,32+,33?,35+,36?/m0/s1. The van der Waals surface area contributed by atoms with Crippen molar-refractivity contribution in [3.8, 4) is 12.3 Å². The summed E-state index contributed by atoms with van der Waals surface area (Å²) in [4.78, 5) is 19.6. The second-order valence-corrected chi connectivity index (χ2v) is 12.8. The number of hydrogen-bond acceptors (Lipinski definition) is 7.